The molecular weight excluding hydrogens is 326 g/mol. The topological polar surface area (TPSA) is 22.0 Å². The fourth-order valence-electron chi connectivity index (χ4n) is 3.61. The highest BCUT2D eigenvalue weighted by atomic mass is 79.9. The first kappa shape index (κ1) is 14.8. The van der Waals surface area contributed by atoms with E-state index in [0.717, 1.165) is 4.60 Å². The molecule has 2 nitrogen and oxygen atoms in total. The van der Waals surface area contributed by atoms with E-state index in [1.54, 1.807) is 6.92 Å². The lowest BCUT2D eigenvalue weighted by Crippen LogP contribution is -2.08. The molecule has 2 aromatic rings. The standard InChI is InChI=1S/C18H22BrNO/c1-12-8-9-15-16(10-12)20(11-13(2)21)18(19)17(15)14-6-4-3-5-7-14/h8-10,14H,3-7,11H2,1-2H3. The summed E-state index contributed by atoms with van der Waals surface area (Å²) in [5.41, 5.74) is 3.86. The second kappa shape index (κ2) is 5.96. The lowest BCUT2D eigenvalue weighted by Gasteiger charge is -2.22. The van der Waals surface area contributed by atoms with Gasteiger partial charge in [0, 0.05) is 10.9 Å². The molecule has 0 saturated heterocycles. The molecule has 1 saturated carbocycles. The van der Waals surface area contributed by atoms with Gasteiger partial charge in [0.25, 0.3) is 0 Å². The van der Waals surface area contributed by atoms with Crippen LogP contribution in [-0.4, -0.2) is 10.4 Å². The summed E-state index contributed by atoms with van der Waals surface area (Å²) >= 11 is 3.79. The van der Waals surface area contributed by atoms with E-state index in [2.05, 4.69) is 45.6 Å². The average molecular weight is 348 g/mol. The normalized spacial score (nSPS) is 16.5. The monoisotopic (exact) mass is 347 g/mol. The Labute approximate surface area is 134 Å². The van der Waals surface area contributed by atoms with Gasteiger partial charge in [-0.05, 0) is 65.7 Å². The number of carbonyl (C=O) groups is 1. The van der Waals surface area contributed by atoms with Gasteiger partial charge >= 0.3 is 0 Å². The van der Waals surface area contributed by atoms with Gasteiger partial charge in [0.2, 0.25) is 0 Å². The third-order valence-corrected chi connectivity index (χ3v) is 5.44. The maximum absolute atomic E-state index is 11.6. The molecule has 1 heterocycles. The van der Waals surface area contributed by atoms with Crippen LogP contribution >= 0.6 is 15.9 Å². The van der Waals surface area contributed by atoms with Gasteiger partial charge < -0.3 is 4.57 Å². The van der Waals surface area contributed by atoms with Crippen LogP contribution in [0.15, 0.2) is 22.8 Å². The molecule has 0 bridgehead atoms. The highest BCUT2D eigenvalue weighted by Gasteiger charge is 2.24. The Morgan fingerprint density at radius 2 is 2.00 bits per heavy atom. The Morgan fingerprint density at radius 1 is 1.29 bits per heavy atom. The van der Waals surface area contributed by atoms with Crippen LogP contribution in [0.5, 0.6) is 0 Å². The fourth-order valence-corrected chi connectivity index (χ4v) is 4.47. The van der Waals surface area contributed by atoms with Crippen molar-refractivity contribution in [2.45, 2.75) is 58.4 Å². The summed E-state index contributed by atoms with van der Waals surface area (Å²) in [5, 5.41) is 1.32. The number of hydrogen-bond acceptors (Lipinski definition) is 1. The van der Waals surface area contributed by atoms with Crippen molar-refractivity contribution in [2.24, 2.45) is 0 Å². The van der Waals surface area contributed by atoms with Gasteiger partial charge in [0.15, 0.2) is 0 Å². The number of carbonyl (C=O) groups excluding carboxylic acids is 1. The van der Waals surface area contributed by atoms with Crippen molar-refractivity contribution in [3.05, 3.63) is 33.9 Å². The van der Waals surface area contributed by atoms with Crippen molar-refractivity contribution in [1.29, 1.82) is 0 Å². The fraction of sp³-hybridized carbons (Fsp3) is 0.500. The van der Waals surface area contributed by atoms with Crippen LogP contribution in [0.25, 0.3) is 10.9 Å². The third kappa shape index (κ3) is 2.80. The number of aryl methyl sites for hydroxylation is 1. The molecule has 21 heavy (non-hydrogen) atoms. The number of fused-ring (bicyclic) bond motifs is 1. The predicted molar refractivity (Wildman–Crippen MR) is 90.9 cm³/mol. The highest BCUT2D eigenvalue weighted by Crippen LogP contribution is 2.42. The van der Waals surface area contributed by atoms with Crippen molar-refractivity contribution in [3.63, 3.8) is 0 Å². The van der Waals surface area contributed by atoms with E-state index in [9.17, 15) is 4.79 Å². The summed E-state index contributed by atoms with van der Waals surface area (Å²) in [7, 11) is 0. The van der Waals surface area contributed by atoms with Crippen LogP contribution < -0.4 is 0 Å². The van der Waals surface area contributed by atoms with Gasteiger partial charge in [-0.3, -0.25) is 4.79 Å². The van der Waals surface area contributed by atoms with Crippen molar-refractivity contribution in [3.8, 4) is 0 Å². The van der Waals surface area contributed by atoms with E-state index in [-0.39, 0.29) is 5.78 Å². The Hall–Kier alpha value is -1.09. The number of ketones is 1. The number of rotatable bonds is 3. The summed E-state index contributed by atoms with van der Waals surface area (Å²) < 4.78 is 3.26. The maximum Gasteiger partial charge on any atom is 0.149 e. The molecule has 112 valence electrons. The summed E-state index contributed by atoms with van der Waals surface area (Å²) in [6.07, 6.45) is 6.54. The minimum absolute atomic E-state index is 0.198. The van der Waals surface area contributed by atoms with Gasteiger partial charge in [0.05, 0.1) is 11.1 Å². The number of halogens is 1. The molecule has 1 aromatic carbocycles. The molecular formula is C18H22BrNO. The first-order valence-corrected chi connectivity index (χ1v) is 8.65. The summed E-state index contributed by atoms with van der Waals surface area (Å²) in [6, 6.07) is 6.62. The minimum Gasteiger partial charge on any atom is -0.328 e. The molecule has 0 spiro atoms. The van der Waals surface area contributed by atoms with E-state index in [1.165, 1.54) is 54.1 Å². The molecule has 1 aromatic heterocycles. The lowest BCUT2D eigenvalue weighted by atomic mass is 9.84. The summed E-state index contributed by atoms with van der Waals surface area (Å²) in [6.45, 7) is 4.22. The second-order valence-electron chi connectivity index (χ2n) is 6.35. The molecule has 0 N–H and O–H groups in total. The van der Waals surface area contributed by atoms with Gasteiger partial charge in [-0.2, -0.15) is 0 Å². The first-order chi connectivity index (χ1) is 10.1. The SMILES string of the molecule is CC(=O)Cn1c(Br)c(C2CCCCC2)c2ccc(C)cc21. The number of hydrogen-bond donors (Lipinski definition) is 0. The average Bonchev–Trinajstić information content (AvgIpc) is 2.72. The quantitative estimate of drug-likeness (QED) is 0.733. The lowest BCUT2D eigenvalue weighted by molar-refractivity contribution is -0.117. The van der Waals surface area contributed by atoms with Crippen molar-refractivity contribution in [1.82, 2.24) is 4.57 Å². The number of benzene rings is 1. The van der Waals surface area contributed by atoms with Crippen LogP contribution in [-0.2, 0) is 11.3 Å². The van der Waals surface area contributed by atoms with Crippen LogP contribution in [0.3, 0.4) is 0 Å². The highest BCUT2D eigenvalue weighted by molar-refractivity contribution is 9.10. The molecule has 1 aliphatic carbocycles. The Morgan fingerprint density at radius 3 is 2.67 bits per heavy atom. The maximum atomic E-state index is 11.6. The number of Topliss-reactive ketones (excluding diaryl/α,β-unsaturated/α-hetero) is 1. The molecule has 0 amide bonds. The predicted octanol–water partition coefficient (Wildman–Crippen LogP) is 5.35. The Balaban J connectivity index is 2.18. The largest absolute Gasteiger partial charge is 0.328 e. The van der Waals surface area contributed by atoms with Crippen LogP contribution in [0.4, 0.5) is 0 Å². The molecule has 1 aliphatic rings. The summed E-state index contributed by atoms with van der Waals surface area (Å²) in [4.78, 5) is 11.6. The molecule has 3 rings (SSSR count). The zero-order chi connectivity index (χ0) is 15.0. The third-order valence-electron chi connectivity index (χ3n) is 4.59. The molecule has 0 unspecified atom stereocenters. The van der Waals surface area contributed by atoms with Crippen LogP contribution in [0.2, 0.25) is 0 Å². The van der Waals surface area contributed by atoms with Crippen molar-refractivity contribution < 1.29 is 4.79 Å². The smallest absolute Gasteiger partial charge is 0.149 e. The van der Waals surface area contributed by atoms with E-state index < -0.39 is 0 Å². The van der Waals surface area contributed by atoms with E-state index >= 15 is 0 Å². The number of aromatic nitrogens is 1. The minimum atomic E-state index is 0.198. The second-order valence-corrected chi connectivity index (χ2v) is 7.10. The zero-order valence-electron chi connectivity index (χ0n) is 12.8. The Bertz CT molecular complexity index is 680. The van der Waals surface area contributed by atoms with Gasteiger partial charge in [-0.1, -0.05) is 31.4 Å². The van der Waals surface area contributed by atoms with Crippen LogP contribution in [0, 0.1) is 6.92 Å². The molecule has 3 heteroatoms. The van der Waals surface area contributed by atoms with Gasteiger partial charge in [0.1, 0.15) is 5.78 Å². The molecule has 0 radical (unpaired) electrons. The van der Waals surface area contributed by atoms with Crippen molar-refractivity contribution in [2.75, 3.05) is 0 Å². The van der Waals surface area contributed by atoms with Crippen LogP contribution in [0.1, 0.15) is 56.1 Å². The van der Waals surface area contributed by atoms with Gasteiger partial charge in [-0.25, -0.2) is 0 Å². The molecule has 0 atom stereocenters. The van der Waals surface area contributed by atoms with Gasteiger partial charge in [-0.15, -0.1) is 0 Å². The Kier molecular flexibility index (Phi) is 4.21. The first-order valence-electron chi connectivity index (χ1n) is 7.85. The van der Waals surface area contributed by atoms with Crippen molar-refractivity contribution >= 4 is 32.6 Å². The number of nitrogens with zero attached hydrogens (tertiary/aromatic N) is 1. The van der Waals surface area contributed by atoms with E-state index in [1.807, 2.05) is 0 Å². The van der Waals surface area contributed by atoms with E-state index in [0.29, 0.717) is 12.5 Å². The molecule has 1 fully saturated rings. The van der Waals surface area contributed by atoms with E-state index in [4.69, 9.17) is 0 Å². The summed E-state index contributed by atoms with van der Waals surface area (Å²) in [5.74, 6) is 0.829. The molecule has 0 aliphatic heterocycles. The zero-order valence-corrected chi connectivity index (χ0v) is 14.4.